The Morgan fingerprint density at radius 1 is 1.53 bits per heavy atom. The number of rotatable bonds is 2. The minimum atomic E-state index is -0.109. The number of likely N-dealkylation sites (tertiary alicyclic amines) is 1. The van der Waals surface area contributed by atoms with Crippen molar-refractivity contribution in [1.29, 1.82) is 0 Å². The summed E-state index contributed by atoms with van der Waals surface area (Å²) < 4.78 is 0. The molecule has 0 spiro atoms. The lowest BCUT2D eigenvalue weighted by Gasteiger charge is -2.28. The lowest BCUT2D eigenvalue weighted by molar-refractivity contribution is -0.135. The van der Waals surface area contributed by atoms with Crippen molar-refractivity contribution in [2.75, 3.05) is 26.2 Å². The average molecular weight is 210 g/mol. The van der Waals surface area contributed by atoms with Crippen LogP contribution in [0.3, 0.4) is 0 Å². The molecule has 0 aromatic heterocycles. The summed E-state index contributed by atoms with van der Waals surface area (Å²) in [6.07, 6.45) is 3.55. The van der Waals surface area contributed by atoms with E-state index in [-0.39, 0.29) is 5.41 Å². The van der Waals surface area contributed by atoms with Crippen LogP contribution in [-0.2, 0) is 4.79 Å². The Kier molecular flexibility index (Phi) is 3.01. The summed E-state index contributed by atoms with van der Waals surface area (Å²) in [6, 6.07) is 0. The molecule has 1 N–H and O–H groups in total. The van der Waals surface area contributed by atoms with Crippen molar-refractivity contribution in [3.8, 4) is 0 Å². The first-order valence-electron chi connectivity index (χ1n) is 6.10. The summed E-state index contributed by atoms with van der Waals surface area (Å²) in [5.41, 5.74) is -0.109. The van der Waals surface area contributed by atoms with E-state index in [1.165, 1.54) is 12.8 Å². The van der Waals surface area contributed by atoms with Gasteiger partial charge >= 0.3 is 0 Å². The quantitative estimate of drug-likeness (QED) is 0.744. The Balaban J connectivity index is 1.87. The largest absolute Gasteiger partial charge is 0.342 e. The Labute approximate surface area is 92.2 Å². The summed E-state index contributed by atoms with van der Waals surface area (Å²) in [5.74, 6) is 1.03. The van der Waals surface area contributed by atoms with Gasteiger partial charge in [-0.3, -0.25) is 4.79 Å². The predicted molar refractivity (Wildman–Crippen MR) is 60.6 cm³/mol. The molecule has 2 aliphatic heterocycles. The molecule has 0 aromatic rings. The molecule has 15 heavy (non-hydrogen) atoms. The molecule has 2 aliphatic rings. The van der Waals surface area contributed by atoms with E-state index in [4.69, 9.17) is 0 Å². The van der Waals surface area contributed by atoms with Gasteiger partial charge in [-0.1, -0.05) is 13.8 Å². The van der Waals surface area contributed by atoms with Crippen LogP contribution >= 0.6 is 0 Å². The Bertz CT molecular complexity index is 244. The van der Waals surface area contributed by atoms with E-state index >= 15 is 0 Å². The zero-order valence-electron chi connectivity index (χ0n) is 9.88. The maximum atomic E-state index is 12.0. The highest BCUT2D eigenvalue weighted by Crippen LogP contribution is 2.31. The van der Waals surface area contributed by atoms with Gasteiger partial charge in [0.25, 0.3) is 0 Å². The van der Waals surface area contributed by atoms with E-state index < -0.39 is 0 Å². The van der Waals surface area contributed by atoms with Crippen LogP contribution in [0.25, 0.3) is 0 Å². The van der Waals surface area contributed by atoms with Crippen LogP contribution in [-0.4, -0.2) is 37.0 Å². The fraction of sp³-hybridized carbons (Fsp3) is 0.917. The molecule has 3 heteroatoms. The summed E-state index contributed by atoms with van der Waals surface area (Å²) in [5, 5.41) is 3.41. The van der Waals surface area contributed by atoms with Crippen LogP contribution in [0.2, 0.25) is 0 Å². The van der Waals surface area contributed by atoms with Crippen LogP contribution < -0.4 is 5.32 Å². The topological polar surface area (TPSA) is 32.3 Å². The zero-order valence-corrected chi connectivity index (χ0v) is 9.88. The van der Waals surface area contributed by atoms with Gasteiger partial charge in [-0.2, -0.15) is 0 Å². The lowest BCUT2D eigenvalue weighted by Crippen LogP contribution is -2.40. The minimum Gasteiger partial charge on any atom is -0.342 e. The van der Waals surface area contributed by atoms with E-state index in [9.17, 15) is 4.79 Å². The van der Waals surface area contributed by atoms with Gasteiger partial charge in [-0.05, 0) is 38.3 Å². The Hall–Kier alpha value is -0.570. The van der Waals surface area contributed by atoms with E-state index in [1.54, 1.807) is 0 Å². The standard InChI is InChI=1S/C12H22N2O/c1-12(2)5-7-14(11(12)15)9-10-4-3-6-13-8-10/h10,13H,3-9H2,1-2H3. The van der Waals surface area contributed by atoms with E-state index in [2.05, 4.69) is 24.1 Å². The van der Waals surface area contributed by atoms with Crippen molar-refractivity contribution in [2.24, 2.45) is 11.3 Å². The second kappa shape index (κ2) is 4.12. The highest BCUT2D eigenvalue weighted by atomic mass is 16.2. The zero-order chi connectivity index (χ0) is 10.9. The number of nitrogens with one attached hydrogen (secondary N) is 1. The molecule has 1 atom stereocenters. The third-order valence-corrected chi connectivity index (χ3v) is 3.75. The molecule has 0 saturated carbocycles. The summed E-state index contributed by atoms with van der Waals surface area (Å²) in [7, 11) is 0. The van der Waals surface area contributed by atoms with Crippen molar-refractivity contribution in [2.45, 2.75) is 33.1 Å². The van der Waals surface area contributed by atoms with Gasteiger partial charge in [-0.25, -0.2) is 0 Å². The fourth-order valence-electron chi connectivity index (χ4n) is 2.62. The van der Waals surface area contributed by atoms with Gasteiger partial charge in [0, 0.05) is 18.5 Å². The fourth-order valence-corrected chi connectivity index (χ4v) is 2.62. The molecule has 2 fully saturated rings. The van der Waals surface area contributed by atoms with E-state index in [0.29, 0.717) is 11.8 Å². The number of hydrogen-bond acceptors (Lipinski definition) is 2. The summed E-state index contributed by atoms with van der Waals surface area (Å²) in [6.45, 7) is 8.29. The van der Waals surface area contributed by atoms with Crippen LogP contribution in [0.15, 0.2) is 0 Å². The number of nitrogens with zero attached hydrogens (tertiary/aromatic N) is 1. The van der Waals surface area contributed by atoms with E-state index in [1.807, 2.05) is 0 Å². The molecule has 86 valence electrons. The molecule has 0 aromatic carbocycles. The molecular formula is C12H22N2O. The molecule has 0 radical (unpaired) electrons. The van der Waals surface area contributed by atoms with Crippen LogP contribution in [0.1, 0.15) is 33.1 Å². The smallest absolute Gasteiger partial charge is 0.228 e. The average Bonchev–Trinajstić information content (AvgIpc) is 2.47. The van der Waals surface area contributed by atoms with Gasteiger partial charge in [0.1, 0.15) is 0 Å². The molecule has 2 rings (SSSR count). The maximum absolute atomic E-state index is 12.0. The summed E-state index contributed by atoms with van der Waals surface area (Å²) >= 11 is 0. The molecule has 0 bridgehead atoms. The maximum Gasteiger partial charge on any atom is 0.228 e. The third kappa shape index (κ3) is 2.33. The molecule has 1 amide bonds. The molecule has 2 heterocycles. The SMILES string of the molecule is CC1(C)CCN(CC2CCCNC2)C1=O. The number of amides is 1. The van der Waals surface area contributed by atoms with Crippen molar-refractivity contribution in [3.05, 3.63) is 0 Å². The highest BCUT2D eigenvalue weighted by Gasteiger charge is 2.39. The molecule has 3 nitrogen and oxygen atoms in total. The second-order valence-electron chi connectivity index (χ2n) is 5.60. The van der Waals surface area contributed by atoms with Gasteiger partial charge in [0.15, 0.2) is 0 Å². The Morgan fingerprint density at radius 3 is 2.87 bits per heavy atom. The van der Waals surface area contributed by atoms with Crippen LogP contribution in [0.4, 0.5) is 0 Å². The van der Waals surface area contributed by atoms with Crippen LogP contribution in [0, 0.1) is 11.3 Å². The molecule has 0 aliphatic carbocycles. The number of carbonyl (C=O) groups excluding carboxylic acids is 1. The summed E-state index contributed by atoms with van der Waals surface area (Å²) in [4.78, 5) is 14.1. The number of hydrogen-bond donors (Lipinski definition) is 1. The van der Waals surface area contributed by atoms with Gasteiger partial charge in [0.05, 0.1) is 0 Å². The van der Waals surface area contributed by atoms with Gasteiger partial charge < -0.3 is 10.2 Å². The number of piperidine rings is 1. The predicted octanol–water partition coefficient (Wildman–Crippen LogP) is 1.24. The van der Waals surface area contributed by atoms with Crippen molar-refractivity contribution in [1.82, 2.24) is 10.2 Å². The monoisotopic (exact) mass is 210 g/mol. The number of carbonyl (C=O) groups is 1. The Morgan fingerprint density at radius 2 is 2.33 bits per heavy atom. The normalized spacial score (nSPS) is 30.9. The van der Waals surface area contributed by atoms with Gasteiger partial charge in [-0.15, -0.1) is 0 Å². The van der Waals surface area contributed by atoms with Crippen LogP contribution in [0.5, 0.6) is 0 Å². The first-order valence-corrected chi connectivity index (χ1v) is 6.10. The molecular weight excluding hydrogens is 188 g/mol. The first-order chi connectivity index (χ1) is 7.09. The second-order valence-corrected chi connectivity index (χ2v) is 5.60. The third-order valence-electron chi connectivity index (χ3n) is 3.75. The molecule has 1 unspecified atom stereocenters. The van der Waals surface area contributed by atoms with Crippen molar-refractivity contribution in [3.63, 3.8) is 0 Å². The van der Waals surface area contributed by atoms with Gasteiger partial charge in [0.2, 0.25) is 5.91 Å². The van der Waals surface area contributed by atoms with Crippen molar-refractivity contribution >= 4 is 5.91 Å². The first kappa shape index (κ1) is 10.9. The van der Waals surface area contributed by atoms with E-state index in [0.717, 1.165) is 32.6 Å². The van der Waals surface area contributed by atoms with Crippen molar-refractivity contribution < 1.29 is 4.79 Å². The molecule has 2 saturated heterocycles. The minimum absolute atomic E-state index is 0.109. The lowest BCUT2D eigenvalue weighted by atomic mass is 9.92. The highest BCUT2D eigenvalue weighted by molar-refractivity contribution is 5.83.